The van der Waals surface area contributed by atoms with E-state index in [1.165, 1.54) is 6.07 Å². The van der Waals surface area contributed by atoms with Crippen molar-refractivity contribution < 1.29 is 17.9 Å². The van der Waals surface area contributed by atoms with Crippen molar-refractivity contribution in [2.45, 2.75) is 24.6 Å². The second kappa shape index (κ2) is 6.23. The second-order valence-corrected chi connectivity index (χ2v) is 7.01. The van der Waals surface area contributed by atoms with E-state index in [2.05, 4.69) is 5.32 Å². The van der Waals surface area contributed by atoms with Gasteiger partial charge in [-0.25, -0.2) is 0 Å². The predicted molar refractivity (Wildman–Crippen MR) is 95.8 cm³/mol. The molecule has 2 nitrogen and oxygen atoms in total. The van der Waals surface area contributed by atoms with Crippen LogP contribution in [0.1, 0.15) is 35.1 Å². The smallest absolute Gasteiger partial charge is 0.416 e. The topological polar surface area (TPSA) is 21.3 Å². The molecule has 0 spiro atoms. The van der Waals surface area contributed by atoms with Crippen molar-refractivity contribution in [2.75, 3.05) is 12.4 Å². The fourth-order valence-corrected chi connectivity index (χ4v) is 4.37. The number of fused-ring (bicyclic) bond motifs is 3. The first-order valence-corrected chi connectivity index (χ1v) is 8.75. The zero-order valence-corrected chi connectivity index (χ0v) is 14.7. The zero-order valence-electron chi connectivity index (χ0n) is 14.0. The lowest BCUT2D eigenvalue weighted by atomic mass is 9.75. The van der Waals surface area contributed by atoms with Crippen LogP contribution in [0.15, 0.2) is 48.6 Å². The maximum absolute atomic E-state index is 13.6. The summed E-state index contributed by atoms with van der Waals surface area (Å²) in [4.78, 5) is 0. The monoisotopic (exact) mass is 379 g/mol. The van der Waals surface area contributed by atoms with Crippen LogP contribution in [-0.4, -0.2) is 7.11 Å². The number of nitrogens with one attached hydrogen (secondary N) is 1. The summed E-state index contributed by atoms with van der Waals surface area (Å²) in [7, 11) is 1.59. The first-order chi connectivity index (χ1) is 12.4. The number of para-hydroxylation sites is 1. The summed E-state index contributed by atoms with van der Waals surface area (Å²) in [5.74, 6) is 0.344. The highest BCUT2D eigenvalue weighted by molar-refractivity contribution is 6.33. The van der Waals surface area contributed by atoms with Crippen LogP contribution in [0.5, 0.6) is 5.75 Å². The van der Waals surface area contributed by atoms with Crippen molar-refractivity contribution in [1.29, 1.82) is 0 Å². The molecule has 0 bridgehead atoms. The van der Waals surface area contributed by atoms with Crippen LogP contribution in [0, 0.1) is 5.92 Å². The summed E-state index contributed by atoms with van der Waals surface area (Å²) in [5, 5.41) is 3.59. The first-order valence-electron chi connectivity index (χ1n) is 8.37. The lowest BCUT2D eigenvalue weighted by molar-refractivity contribution is -0.138. The fourth-order valence-electron chi connectivity index (χ4n) is 4.15. The molecule has 0 amide bonds. The van der Waals surface area contributed by atoms with E-state index in [0.717, 1.165) is 11.6 Å². The van der Waals surface area contributed by atoms with Gasteiger partial charge in [-0.1, -0.05) is 42.0 Å². The summed E-state index contributed by atoms with van der Waals surface area (Å²) in [6.45, 7) is 0. The van der Waals surface area contributed by atoms with E-state index < -0.39 is 11.7 Å². The Hall–Kier alpha value is -2.14. The highest BCUT2D eigenvalue weighted by Gasteiger charge is 2.45. The van der Waals surface area contributed by atoms with Crippen molar-refractivity contribution in [3.8, 4) is 5.75 Å². The number of halogens is 4. The van der Waals surface area contributed by atoms with Gasteiger partial charge >= 0.3 is 6.18 Å². The van der Waals surface area contributed by atoms with Gasteiger partial charge in [-0.3, -0.25) is 0 Å². The average Bonchev–Trinajstić information content (AvgIpc) is 3.10. The Labute approximate surface area is 154 Å². The standard InChI is InChI=1S/C20H17ClF3NO/c1-26-16-8-3-2-5-13(16)18-12-7-4-6-11(12)17-14(20(22,23)24)9-10-15(21)19(17)25-18/h2-6,8-12,18,25H,7H2,1H3/t11-,12-,18+/m0/s1. The number of rotatable bonds is 2. The molecule has 0 aromatic heterocycles. The fraction of sp³-hybridized carbons (Fsp3) is 0.300. The maximum atomic E-state index is 13.6. The van der Waals surface area contributed by atoms with Crippen LogP contribution in [0.25, 0.3) is 0 Å². The molecular weight excluding hydrogens is 363 g/mol. The number of alkyl halides is 3. The van der Waals surface area contributed by atoms with Gasteiger partial charge in [0.25, 0.3) is 0 Å². The largest absolute Gasteiger partial charge is 0.496 e. The van der Waals surface area contributed by atoms with Crippen LogP contribution < -0.4 is 10.1 Å². The molecule has 0 fully saturated rings. The van der Waals surface area contributed by atoms with Crippen molar-refractivity contribution in [3.63, 3.8) is 0 Å². The third kappa shape index (κ3) is 2.65. The van der Waals surface area contributed by atoms with Gasteiger partial charge in [-0.15, -0.1) is 0 Å². The van der Waals surface area contributed by atoms with Crippen molar-refractivity contribution in [2.24, 2.45) is 5.92 Å². The molecule has 3 atom stereocenters. The minimum Gasteiger partial charge on any atom is -0.496 e. The summed E-state index contributed by atoms with van der Waals surface area (Å²) >= 11 is 6.30. The van der Waals surface area contributed by atoms with Gasteiger partial charge in [0, 0.05) is 11.5 Å². The van der Waals surface area contributed by atoms with Gasteiger partial charge in [0.2, 0.25) is 0 Å². The minimum atomic E-state index is -4.42. The van der Waals surface area contributed by atoms with E-state index in [1.54, 1.807) is 7.11 Å². The summed E-state index contributed by atoms with van der Waals surface area (Å²) in [6, 6.07) is 9.79. The van der Waals surface area contributed by atoms with Crippen LogP contribution >= 0.6 is 11.6 Å². The average molecular weight is 380 g/mol. The number of hydrogen-bond donors (Lipinski definition) is 1. The van der Waals surface area contributed by atoms with E-state index in [4.69, 9.17) is 16.3 Å². The lowest BCUT2D eigenvalue weighted by Crippen LogP contribution is -2.31. The van der Waals surface area contributed by atoms with Gasteiger partial charge in [0.05, 0.1) is 29.4 Å². The third-order valence-electron chi connectivity index (χ3n) is 5.25. The summed E-state index contributed by atoms with van der Waals surface area (Å²) in [5.41, 5.74) is 0.914. The van der Waals surface area contributed by atoms with Gasteiger partial charge in [0.15, 0.2) is 0 Å². The molecule has 4 rings (SSSR count). The van der Waals surface area contributed by atoms with E-state index in [0.29, 0.717) is 22.9 Å². The first kappa shape index (κ1) is 17.3. The third-order valence-corrected chi connectivity index (χ3v) is 5.56. The second-order valence-electron chi connectivity index (χ2n) is 6.60. The summed E-state index contributed by atoms with van der Waals surface area (Å²) < 4.78 is 46.2. The molecule has 26 heavy (non-hydrogen) atoms. The normalized spacial score (nSPS) is 24.0. The number of anilines is 1. The SMILES string of the molecule is COc1ccccc1[C@@H]1Nc2c(Cl)ccc(C(F)(F)F)c2[C@H]2C=CC[C@@H]21. The molecule has 0 saturated heterocycles. The van der Waals surface area contributed by atoms with Gasteiger partial charge in [0.1, 0.15) is 5.75 Å². The molecule has 1 aliphatic carbocycles. The minimum absolute atomic E-state index is 0.0293. The molecular formula is C20H17ClF3NO. The van der Waals surface area contributed by atoms with Crippen LogP contribution in [0.2, 0.25) is 5.02 Å². The Morgan fingerprint density at radius 3 is 2.65 bits per heavy atom. The number of hydrogen-bond acceptors (Lipinski definition) is 2. The van der Waals surface area contributed by atoms with E-state index in [-0.39, 0.29) is 23.4 Å². The Kier molecular flexibility index (Phi) is 4.14. The summed E-state index contributed by atoms with van der Waals surface area (Å²) in [6.07, 6.45) is 0.103. The van der Waals surface area contributed by atoms with E-state index >= 15 is 0 Å². The molecule has 2 aliphatic rings. The highest BCUT2D eigenvalue weighted by atomic mass is 35.5. The lowest BCUT2D eigenvalue weighted by Gasteiger charge is -2.39. The molecule has 2 aromatic carbocycles. The Bertz CT molecular complexity index is 878. The molecule has 0 saturated carbocycles. The van der Waals surface area contributed by atoms with Crippen molar-refractivity contribution >= 4 is 17.3 Å². The van der Waals surface area contributed by atoms with Crippen molar-refractivity contribution in [3.05, 3.63) is 70.3 Å². The number of benzene rings is 2. The quantitative estimate of drug-likeness (QED) is 0.628. The number of methoxy groups -OCH3 is 1. The highest BCUT2D eigenvalue weighted by Crippen LogP contribution is 2.55. The molecule has 0 unspecified atom stereocenters. The molecule has 1 heterocycles. The molecule has 1 N–H and O–H groups in total. The molecule has 2 aromatic rings. The zero-order chi connectivity index (χ0) is 18.5. The Morgan fingerprint density at radius 2 is 1.92 bits per heavy atom. The van der Waals surface area contributed by atoms with Crippen LogP contribution in [0.4, 0.5) is 18.9 Å². The Balaban J connectivity index is 1.89. The Morgan fingerprint density at radius 1 is 1.15 bits per heavy atom. The van der Waals surface area contributed by atoms with Gasteiger partial charge in [-0.05, 0) is 36.1 Å². The maximum Gasteiger partial charge on any atom is 0.416 e. The van der Waals surface area contributed by atoms with E-state index in [9.17, 15) is 13.2 Å². The number of ether oxygens (including phenoxy) is 1. The molecule has 136 valence electrons. The van der Waals surface area contributed by atoms with Crippen LogP contribution in [-0.2, 0) is 6.18 Å². The molecule has 1 aliphatic heterocycles. The molecule has 6 heteroatoms. The van der Waals surface area contributed by atoms with E-state index in [1.807, 2.05) is 36.4 Å². The molecule has 0 radical (unpaired) electrons. The van der Waals surface area contributed by atoms with Crippen LogP contribution in [0.3, 0.4) is 0 Å². The predicted octanol–water partition coefficient (Wildman–Crippen LogP) is 6.19. The van der Waals surface area contributed by atoms with Gasteiger partial charge < -0.3 is 10.1 Å². The van der Waals surface area contributed by atoms with Crippen molar-refractivity contribution in [1.82, 2.24) is 0 Å². The van der Waals surface area contributed by atoms with Gasteiger partial charge in [-0.2, -0.15) is 13.2 Å². The number of allylic oxidation sites excluding steroid dienone is 2.